The molecule has 11 heteroatoms. The van der Waals surface area contributed by atoms with Gasteiger partial charge in [-0.3, -0.25) is 24.4 Å². The van der Waals surface area contributed by atoms with Gasteiger partial charge in [-0.15, -0.1) is 0 Å². The number of halogens is 1. The summed E-state index contributed by atoms with van der Waals surface area (Å²) < 4.78 is 11.3. The smallest absolute Gasteiger partial charge is 0.253 e. The molecule has 0 bridgehead atoms. The number of carbonyl (C=O) groups excluding carboxylic acids is 1. The quantitative estimate of drug-likeness (QED) is 0.152. The molecule has 0 fully saturated rings. The van der Waals surface area contributed by atoms with E-state index >= 15 is 0 Å². The lowest BCUT2D eigenvalue weighted by Gasteiger charge is -2.17. The largest absolute Gasteiger partial charge is 0.496 e. The number of pyridine rings is 1. The van der Waals surface area contributed by atoms with Crippen molar-refractivity contribution >= 4 is 58.4 Å². The maximum Gasteiger partial charge on any atom is 0.253 e. The molecule has 0 unspecified atom stereocenters. The Labute approximate surface area is 222 Å². The van der Waals surface area contributed by atoms with Gasteiger partial charge in [-0.2, -0.15) is 0 Å². The summed E-state index contributed by atoms with van der Waals surface area (Å²) >= 11 is 6.47. The van der Waals surface area contributed by atoms with Crippen LogP contribution in [0.4, 0.5) is 28.4 Å². The highest BCUT2D eigenvalue weighted by Gasteiger charge is 2.22. The van der Waals surface area contributed by atoms with Crippen LogP contribution in [0.1, 0.15) is 22.8 Å². The molecule has 0 aliphatic rings. The van der Waals surface area contributed by atoms with Gasteiger partial charge >= 0.3 is 0 Å². The van der Waals surface area contributed by atoms with Crippen molar-refractivity contribution in [3.8, 4) is 11.5 Å². The van der Waals surface area contributed by atoms with Crippen LogP contribution in [0, 0.1) is 0 Å². The average Bonchev–Trinajstić information content (AvgIpc) is 2.94. The molecule has 1 heterocycles. The van der Waals surface area contributed by atoms with E-state index in [9.17, 15) is 14.4 Å². The molecule has 0 atom stereocenters. The van der Waals surface area contributed by atoms with Gasteiger partial charge < -0.3 is 25.8 Å². The number of aromatic nitrogens is 1. The van der Waals surface area contributed by atoms with Crippen LogP contribution in [0.3, 0.4) is 0 Å². The number of aliphatic imine (C=N–C) groups is 1. The molecule has 4 rings (SSSR count). The van der Waals surface area contributed by atoms with Crippen LogP contribution < -0.4 is 36.7 Å². The fourth-order valence-corrected chi connectivity index (χ4v) is 3.88. The third-order valence-electron chi connectivity index (χ3n) is 5.55. The predicted molar refractivity (Wildman–Crippen MR) is 149 cm³/mol. The van der Waals surface area contributed by atoms with Gasteiger partial charge in [0.1, 0.15) is 28.6 Å². The summed E-state index contributed by atoms with van der Waals surface area (Å²) in [5.74, 6) is 0.301. The van der Waals surface area contributed by atoms with Crippen LogP contribution in [-0.4, -0.2) is 24.7 Å². The van der Waals surface area contributed by atoms with Crippen LogP contribution in [-0.2, 0) is 0 Å². The van der Waals surface area contributed by atoms with Crippen molar-refractivity contribution in [2.75, 3.05) is 17.7 Å². The van der Waals surface area contributed by atoms with E-state index in [1.165, 1.54) is 31.5 Å². The maximum atomic E-state index is 12.2. The molecule has 1 aromatic heterocycles. The predicted octanol–water partition coefficient (Wildman–Crippen LogP) is 4.70. The molecule has 0 saturated heterocycles. The number of carbonyl (C=O) groups is 1. The first kappa shape index (κ1) is 26.1. The fraction of sp³-hybridized carbons (Fsp3) is 0.0741. The number of amides is 1. The average molecular weight is 532 g/mol. The summed E-state index contributed by atoms with van der Waals surface area (Å²) in [5.41, 5.74) is 6.36. The van der Waals surface area contributed by atoms with Crippen molar-refractivity contribution in [3.05, 3.63) is 97.5 Å². The molecule has 4 aromatic rings. The van der Waals surface area contributed by atoms with Crippen LogP contribution in [0.15, 0.2) is 75.5 Å². The Kier molecular flexibility index (Phi) is 7.54. The number of benzene rings is 2. The third kappa shape index (κ3) is 5.11. The fourth-order valence-electron chi connectivity index (χ4n) is 3.66. The molecule has 1 amide bonds. The van der Waals surface area contributed by atoms with Gasteiger partial charge in [-0.1, -0.05) is 11.6 Å². The van der Waals surface area contributed by atoms with Gasteiger partial charge in [-0.25, -0.2) is 0 Å². The van der Waals surface area contributed by atoms with Gasteiger partial charge in [-0.05, 0) is 50.0 Å². The number of allylic oxidation sites excluding steroid dienone is 1. The minimum atomic E-state index is -0.677. The second kappa shape index (κ2) is 11.0. The number of hydrogen-bond acceptors (Lipinski definition) is 9. The van der Waals surface area contributed by atoms with Crippen LogP contribution in [0.2, 0.25) is 5.02 Å². The lowest BCUT2D eigenvalue weighted by Crippen LogP contribution is -2.35. The summed E-state index contributed by atoms with van der Waals surface area (Å²) in [5, 5.41) is 6.04. The minimum Gasteiger partial charge on any atom is -0.496 e. The number of rotatable bonds is 10. The number of primary amides is 1. The molecule has 38 heavy (non-hydrogen) atoms. The monoisotopic (exact) mass is 531 g/mol. The highest BCUT2D eigenvalue weighted by Crippen LogP contribution is 2.37. The van der Waals surface area contributed by atoms with Crippen molar-refractivity contribution in [2.24, 2.45) is 10.7 Å². The van der Waals surface area contributed by atoms with Gasteiger partial charge in [0.25, 0.3) is 16.8 Å². The molecule has 3 aromatic carbocycles. The molecule has 10 nitrogen and oxygen atoms in total. The number of ether oxygens (including phenoxy) is 2. The van der Waals surface area contributed by atoms with E-state index in [0.717, 1.165) is 0 Å². The number of nitrogens with one attached hydrogen (secondary N) is 2. The first-order chi connectivity index (χ1) is 18.3. The Morgan fingerprint density at radius 1 is 1.11 bits per heavy atom. The highest BCUT2D eigenvalue weighted by molar-refractivity contribution is 6.33. The van der Waals surface area contributed by atoms with Crippen LogP contribution in [0.25, 0.3) is 5.76 Å². The normalized spacial score (nSPS) is 11.2. The van der Waals surface area contributed by atoms with Crippen LogP contribution >= 0.6 is 11.6 Å². The van der Waals surface area contributed by atoms with Crippen molar-refractivity contribution in [1.82, 2.24) is 4.98 Å². The highest BCUT2D eigenvalue weighted by atomic mass is 35.5. The van der Waals surface area contributed by atoms with Gasteiger partial charge in [0.2, 0.25) is 0 Å². The van der Waals surface area contributed by atoms with Crippen molar-refractivity contribution in [3.63, 3.8) is 0 Å². The van der Waals surface area contributed by atoms with Gasteiger partial charge in [0.05, 0.1) is 41.0 Å². The molecular formula is C27H22ClN5O5. The van der Waals surface area contributed by atoms with Crippen molar-refractivity contribution in [2.45, 2.75) is 6.92 Å². The molecule has 192 valence electrons. The zero-order valence-electron chi connectivity index (χ0n) is 20.4. The standard InChI is InChI=1S/C27H22ClN5O5/c1-4-21(16-11-17(27(29)36)22(37-3)12-20(16)30-2)38-15-7-8-19(18(28)10-15)33-24-23(25(34)26(24)35)32-14-6-5-9-31-13-14/h4-13,32-33H,2H2,1,3H3,(H2,29,36)/b21-4+. The van der Waals surface area contributed by atoms with Gasteiger partial charge in [0, 0.05) is 23.9 Å². The SMILES string of the molecule is C=Nc1cc(OC)c(C(N)=O)cc1/C(=C\C)Oc1ccc(Nc2c(Nc3cccnc3)c(=O)c2=O)c(Cl)c1. The second-order valence-corrected chi connectivity index (χ2v) is 8.30. The van der Waals surface area contributed by atoms with E-state index in [0.29, 0.717) is 34.1 Å². The first-order valence-electron chi connectivity index (χ1n) is 11.2. The Morgan fingerprint density at radius 2 is 1.84 bits per heavy atom. The molecular weight excluding hydrogens is 510 g/mol. The maximum absolute atomic E-state index is 12.2. The number of anilines is 4. The van der Waals surface area contributed by atoms with E-state index in [1.807, 2.05) is 0 Å². The van der Waals surface area contributed by atoms with E-state index in [4.69, 9.17) is 26.8 Å². The molecule has 0 spiro atoms. The lowest BCUT2D eigenvalue weighted by atomic mass is 10.0. The Hall–Kier alpha value is -4.96. The molecule has 0 aliphatic carbocycles. The third-order valence-corrected chi connectivity index (χ3v) is 5.86. The zero-order valence-corrected chi connectivity index (χ0v) is 21.1. The number of nitrogens with zero attached hydrogens (tertiary/aromatic N) is 2. The first-order valence-corrected chi connectivity index (χ1v) is 11.5. The van der Waals surface area contributed by atoms with E-state index < -0.39 is 16.8 Å². The second-order valence-electron chi connectivity index (χ2n) is 7.89. The summed E-state index contributed by atoms with van der Waals surface area (Å²) in [6.45, 7) is 5.32. The number of methoxy groups -OCH3 is 1. The van der Waals surface area contributed by atoms with E-state index in [1.54, 1.807) is 43.5 Å². The summed E-state index contributed by atoms with van der Waals surface area (Å²) in [7, 11) is 1.42. The van der Waals surface area contributed by atoms with Gasteiger partial charge in [0.15, 0.2) is 0 Å². The van der Waals surface area contributed by atoms with E-state index in [2.05, 4.69) is 27.3 Å². The minimum absolute atomic E-state index is 0.0856. The summed E-state index contributed by atoms with van der Waals surface area (Å²) in [6.07, 6.45) is 4.80. The zero-order chi connectivity index (χ0) is 27.4. The van der Waals surface area contributed by atoms with Crippen molar-refractivity contribution in [1.29, 1.82) is 0 Å². The van der Waals surface area contributed by atoms with Crippen LogP contribution in [0.5, 0.6) is 11.5 Å². The number of nitrogens with two attached hydrogens (primary N) is 1. The Bertz CT molecular complexity index is 1640. The lowest BCUT2D eigenvalue weighted by molar-refractivity contribution is 0.0997. The molecule has 0 radical (unpaired) electrons. The van der Waals surface area contributed by atoms with E-state index in [-0.39, 0.29) is 27.7 Å². The van der Waals surface area contributed by atoms with Crippen molar-refractivity contribution < 1.29 is 14.3 Å². The summed E-state index contributed by atoms with van der Waals surface area (Å²) in [4.78, 5) is 44.2. The summed E-state index contributed by atoms with van der Waals surface area (Å²) in [6, 6.07) is 11.2. The number of hydrogen-bond donors (Lipinski definition) is 3. The molecule has 0 saturated carbocycles. The Morgan fingerprint density at radius 3 is 2.42 bits per heavy atom. The molecule has 4 N–H and O–H groups in total. The molecule has 0 aliphatic heterocycles. The topological polar surface area (TPSA) is 145 Å². The Balaban J connectivity index is 1.59.